The van der Waals surface area contributed by atoms with E-state index in [0.29, 0.717) is 5.70 Å². The molecule has 0 aliphatic carbocycles. The number of allylic oxidation sites excluding steroid dienone is 2. The van der Waals surface area contributed by atoms with Gasteiger partial charge in [-0.2, -0.15) is 13.2 Å². The molecule has 118 valence electrons. The van der Waals surface area contributed by atoms with Crippen LogP contribution < -0.4 is 5.32 Å². The molecule has 1 heterocycles. The highest BCUT2D eigenvalue weighted by Gasteiger charge is 2.27. The van der Waals surface area contributed by atoms with Gasteiger partial charge in [0.2, 0.25) is 0 Å². The molecular weight excluding hydrogens is 286 g/mol. The van der Waals surface area contributed by atoms with Gasteiger partial charge in [0.05, 0.1) is 0 Å². The molecule has 2 rings (SSSR count). The van der Waals surface area contributed by atoms with Crippen LogP contribution in [-0.2, 0) is 12.7 Å². The lowest BCUT2D eigenvalue weighted by molar-refractivity contribution is -0.134. The van der Waals surface area contributed by atoms with Gasteiger partial charge in [0, 0.05) is 18.1 Å². The number of hydrogen-bond donors (Lipinski definition) is 1. The molecule has 0 bridgehead atoms. The summed E-state index contributed by atoms with van der Waals surface area (Å²) in [6.45, 7) is 9.74. The molecule has 0 amide bonds. The molecule has 1 atom stereocenters. The van der Waals surface area contributed by atoms with E-state index < -0.39 is 12.6 Å². The first-order valence-corrected chi connectivity index (χ1v) is 7.54. The Labute approximate surface area is 130 Å². The van der Waals surface area contributed by atoms with E-state index in [9.17, 15) is 13.2 Å². The second kappa shape index (κ2) is 6.63. The average Bonchev–Trinajstić information content (AvgIpc) is 2.43. The molecule has 1 N–H and O–H groups in total. The molecule has 1 aromatic carbocycles. The summed E-state index contributed by atoms with van der Waals surface area (Å²) >= 11 is 0. The van der Waals surface area contributed by atoms with Crippen LogP contribution in [0.4, 0.5) is 13.2 Å². The Morgan fingerprint density at radius 2 is 2.09 bits per heavy atom. The third-order valence-corrected chi connectivity index (χ3v) is 4.06. The molecule has 1 nitrogen and oxygen atoms in total. The van der Waals surface area contributed by atoms with Gasteiger partial charge in [-0.1, -0.05) is 36.9 Å². The molecule has 0 spiro atoms. The fourth-order valence-electron chi connectivity index (χ4n) is 2.98. The molecular formula is C17H21BF3N. The summed E-state index contributed by atoms with van der Waals surface area (Å²) in [7, 11) is 0.905. The van der Waals surface area contributed by atoms with Crippen LogP contribution in [0.1, 0.15) is 36.5 Å². The number of benzene rings is 1. The first kappa shape index (κ1) is 16.7. The van der Waals surface area contributed by atoms with Crippen LogP contribution in [-0.4, -0.2) is 19.4 Å². The molecule has 1 unspecified atom stereocenters. The molecule has 1 aliphatic rings. The van der Waals surface area contributed by atoms with Gasteiger partial charge in [0.15, 0.2) is 7.28 Å². The van der Waals surface area contributed by atoms with Crippen molar-refractivity contribution in [2.75, 3.05) is 0 Å². The van der Waals surface area contributed by atoms with Crippen molar-refractivity contribution < 1.29 is 13.2 Å². The Balaban J connectivity index is 1.97. The molecule has 0 aromatic heterocycles. The Morgan fingerprint density at radius 1 is 1.36 bits per heavy atom. The van der Waals surface area contributed by atoms with Crippen molar-refractivity contribution in [2.45, 2.75) is 44.6 Å². The van der Waals surface area contributed by atoms with Crippen molar-refractivity contribution in [2.24, 2.45) is 0 Å². The van der Waals surface area contributed by atoms with Crippen molar-refractivity contribution in [3.8, 4) is 0 Å². The summed E-state index contributed by atoms with van der Waals surface area (Å²) in [4.78, 5) is 0. The molecule has 1 aromatic rings. The average molecular weight is 307 g/mol. The van der Waals surface area contributed by atoms with Crippen LogP contribution in [0, 0.1) is 0 Å². The largest absolute Gasteiger partial charge is 0.393 e. The fourth-order valence-corrected chi connectivity index (χ4v) is 2.98. The summed E-state index contributed by atoms with van der Waals surface area (Å²) in [5.41, 5.74) is 5.31. The smallest absolute Gasteiger partial charge is 0.389 e. The summed E-state index contributed by atoms with van der Waals surface area (Å²) in [5.74, 6) is 0.161. The van der Waals surface area contributed by atoms with Crippen LogP contribution in [0.15, 0.2) is 37.1 Å². The van der Waals surface area contributed by atoms with E-state index in [1.807, 2.05) is 13.0 Å². The zero-order valence-corrected chi connectivity index (χ0v) is 12.9. The fraction of sp³-hybridized carbons (Fsp3) is 0.412. The zero-order chi connectivity index (χ0) is 16.3. The molecule has 5 heteroatoms. The van der Waals surface area contributed by atoms with Crippen molar-refractivity contribution in [3.63, 3.8) is 0 Å². The summed E-state index contributed by atoms with van der Waals surface area (Å²) in [5, 5.41) is 3.16. The number of nitrogens with one attached hydrogen (secondary N) is 1. The Morgan fingerprint density at radius 3 is 2.73 bits per heavy atom. The molecule has 0 saturated heterocycles. The summed E-state index contributed by atoms with van der Waals surface area (Å²) in [6, 6.07) is 6.19. The highest BCUT2D eigenvalue weighted by Crippen LogP contribution is 2.27. The zero-order valence-electron chi connectivity index (χ0n) is 12.9. The highest BCUT2D eigenvalue weighted by molar-refractivity contribution is 6.38. The van der Waals surface area contributed by atoms with Gasteiger partial charge in [0.25, 0.3) is 0 Å². The number of alkyl halides is 3. The van der Waals surface area contributed by atoms with Crippen molar-refractivity contribution in [3.05, 3.63) is 53.7 Å². The minimum absolute atomic E-state index is 0.0569. The van der Waals surface area contributed by atoms with Crippen LogP contribution in [0.25, 0.3) is 5.57 Å². The minimum Gasteiger partial charge on any atom is -0.393 e. The van der Waals surface area contributed by atoms with Gasteiger partial charge >= 0.3 is 6.18 Å². The van der Waals surface area contributed by atoms with E-state index in [4.69, 9.17) is 0 Å². The lowest BCUT2D eigenvalue weighted by Crippen LogP contribution is -2.40. The molecule has 0 fully saturated rings. The predicted molar refractivity (Wildman–Crippen MR) is 87.1 cm³/mol. The quantitative estimate of drug-likeness (QED) is 0.811. The van der Waals surface area contributed by atoms with Gasteiger partial charge in [-0.05, 0) is 42.8 Å². The van der Waals surface area contributed by atoms with E-state index in [1.54, 1.807) is 0 Å². The minimum atomic E-state index is -4.12. The van der Waals surface area contributed by atoms with Gasteiger partial charge in [0.1, 0.15) is 0 Å². The van der Waals surface area contributed by atoms with Gasteiger partial charge < -0.3 is 5.32 Å². The van der Waals surface area contributed by atoms with Gasteiger partial charge in [-0.15, -0.1) is 0 Å². The maximum Gasteiger partial charge on any atom is 0.389 e. The van der Waals surface area contributed by atoms with E-state index in [0.717, 1.165) is 25.6 Å². The number of hydrogen-bond acceptors (Lipinski definition) is 1. The molecule has 1 aliphatic heterocycles. The number of fused-ring (bicyclic) bond motifs is 1. The lowest BCUT2D eigenvalue weighted by atomic mass is 9.57. The normalized spacial score (nSPS) is 17.4. The number of halogens is 3. The second-order valence-corrected chi connectivity index (χ2v) is 6.03. The molecule has 0 radical (unpaired) electrons. The van der Waals surface area contributed by atoms with Crippen LogP contribution >= 0.6 is 0 Å². The van der Waals surface area contributed by atoms with Gasteiger partial charge in [-0.3, -0.25) is 0 Å². The van der Waals surface area contributed by atoms with Crippen LogP contribution in [0.2, 0.25) is 0 Å². The molecule has 0 saturated carbocycles. The van der Waals surface area contributed by atoms with Crippen molar-refractivity contribution >= 4 is 12.9 Å². The Bertz CT molecular complexity index is 578. The Hall–Kier alpha value is -1.65. The SMILES string of the molecule is C=C(CCC(F)(F)F)NC1BCc2c(cccc2C(=C)C)C1. The van der Waals surface area contributed by atoms with Crippen molar-refractivity contribution in [1.82, 2.24) is 5.32 Å². The first-order valence-electron chi connectivity index (χ1n) is 7.54. The lowest BCUT2D eigenvalue weighted by Gasteiger charge is -2.28. The Kier molecular flexibility index (Phi) is 5.04. The van der Waals surface area contributed by atoms with E-state index in [2.05, 4.69) is 30.6 Å². The third kappa shape index (κ3) is 4.42. The molecule has 22 heavy (non-hydrogen) atoms. The monoisotopic (exact) mass is 307 g/mol. The van der Waals surface area contributed by atoms with Gasteiger partial charge in [-0.25, -0.2) is 0 Å². The maximum absolute atomic E-state index is 12.2. The van der Waals surface area contributed by atoms with E-state index >= 15 is 0 Å². The first-order chi connectivity index (χ1) is 10.3. The van der Waals surface area contributed by atoms with Crippen LogP contribution in [0.5, 0.6) is 0 Å². The predicted octanol–water partition coefficient (Wildman–Crippen LogP) is 3.98. The van der Waals surface area contributed by atoms with E-state index in [-0.39, 0.29) is 12.4 Å². The maximum atomic E-state index is 12.2. The van der Waals surface area contributed by atoms with Crippen molar-refractivity contribution in [1.29, 1.82) is 0 Å². The highest BCUT2D eigenvalue weighted by atomic mass is 19.4. The summed E-state index contributed by atoms with van der Waals surface area (Å²) < 4.78 is 36.7. The number of rotatable bonds is 5. The van der Waals surface area contributed by atoms with Crippen LogP contribution in [0.3, 0.4) is 0 Å². The second-order valence-electron chi connectivity index (χ2n) is 6.03. The summed E-state index contributed by atoms with van der Waals surface area (Å²) in [6.07, 6.45) is -3.26. The van der Waals surface area contributed by atoms with E-state index in [1.165, 1.54) is 16.7 Å². The standard InChI is InChI=1S/C17H21BF3N/c1-11(2)14-6-4-5-13-9-16(18-10-15(13)14)22-12(3)7-8-17(19,20)21/h4-6,16,18,22H,1,3,7-10H2,2H3. The topological polar surface area (TPSA) is 12.0 Å². The third-order valence-electron chi connectivity index (χ3n) is 4.06.